The fourth-order valence-corrected chi connectivity index (χ4v) is 2.16. The van der Waals surface area contributed by atoms with Crippen molar-refractivity contribution in [1.82, 2.24) is 0 Å². The van der Waals surface area contributed by atoms with Gasteiger partial charge in [-0.15, -0.1) is 0 Å². The van der Waals surface area contributed by atoms with E-state index in [1.807, 2.05) is 0 Å². The maximum atomic E-state index is 13.3. The summed E-state index contributed by atoms with van der Waals surface area (Å²) in [5.41, 5.74) is -3.74. The molecule has 0 aliphatic rings. The van der Waals surface area contributed by atoms with Crippen molar-refractivity contribution in [1.29, 1.82) is 0 Å². The maximum Gasteiger partial charge on any atom is 0.432 e. The molecule has 2 rings (SSSR count). The van der Waals surface area contributed by atoms with Crippen LogP contribution < -0.4 is 0 Å². The Hall–Kier alpha value is -2.87. The van der Waals surface area contributed by atoms with Gasteiger partial charge in [0.05, 0.1) is 12.3 Å². The predicted octanol–water partition coefficient (Wildman–Crippen LogP) is 3.46. The second-order valence-electron chi connectivity index (χ2n) is 5.29. The number of esters is 1. The molecule has 26 heavy (non-hydrogen) atoms. The van der Waals surface area contributed by atoms with E-state index in [4.69, 9.17) is 0 Å². The Balaban J connectivity index is 2.32. The lowest BCUT2D eigenvalue weighted by molar-refractivity contribution is -0.267. The van der Waals surface area contributed by atoms with Crippen LogP contribution in [0.15, 0.2) is 53.5 Å². The fraction of sp³-hybridized carbons (Fsp3) is 0.222. The number of phenols is 1. The number of aliphatic imine (C=N–C) groups is 1. The van der Waals surface area contributed by atoms with E-state index < -0.39 is 23.3 Å². The van der Waals surface area contributed by atoms with E-state index in [2.05, 4.69) is 9.73 Å². The minimum absolute atomic E-state index is 0.00151. The number of aromatic hydroxyl groups is 1. The zero-order chi connectivity index (χ0) is 19.4. The van der Waals surface area contributed by atoms with E-state index in [1.54, 1.807) is 18.2 Å². The fourth-order valence-electron chi connectivity index (χ4n) is 2.16. The van der Waals surface area contributed by atoms with Gasteiger partial charge in [-0.2, -0.15) is 13.2 Å². The largest absolute Gasteiger partial charge is 0.507 e. The molecule has 0 aliphatic carbocycles. The quantitative estimate of drug-likeness (QED) is 0.627. The SMILES string of the molecule is CCOC(=O)C(O)(c1ccc(N=Cc2ccccc2O)cc1)C(F)(F)F. The molecule has 138 valence electrons. The van der Waals surface area contributed by atoms with E-state index in [0.717, 1.165) is 12.1 Å². The number of aliphatic hydroxyl groups is 1. The van der Waals surface area contributed by atoms with Crippen molar-refractivity contribution < 1.29 is 32.9 Å². The average molecular weight is 367 g/mol. The molecule has 0 radical (unpaired) electrons. The molecule has 0 fully saturated rings. The van der Waals surface area contributed by atoms with Crippen molar-refractivity contribution in [2.45, 2.75) is 18.7 Å². The zero-order valence-corrected chi connectivity index (χ0v) is 13.7. The van der Waals surface area contributed by atoms with E-state index in [-0.39, 0.29) is 18.0 Å². The topological polar surface area (TPSA) is 79.1 Å². The normalized spacial score (nSPS) is 14.2. The number of ether oxygens (including phenoxy) is 1. The summed E-state index contributed by atoms with van der Waals surface area (Å²) in [5.74, 6) is -1.79. The third kappa shape index (κ3) is 3.85. The molecule has 0 bridgehead atoms. The molecule has 2 aromatic rings. The highest BCUT2D eigenvalue weighted by Gasteiger charge is 2.62. The minimum atomic E-state index is -5.25. The molecule has 0 aliphatic heterocycles. The van der Waals surface area contributed by atoms with Crippen LogP contribution in [0.5, 0.6) is 5.75 Å². The summed E-state index contributed by atoms with van der Waals surface area (Å²) < 4.78 is 44.2. The number of alkyl halides is 3. The molecule has 2 aromatic carbocycles. The number of nitrogens with zero attached hydrogens (tertiary/aromatic N) is 1. The Labute approximate surface area is 147 Å². The lowest BCUT2D eigenvalue weighted by atomic mass is 9.93. The van der Waals surface area contributed by atoms with Crippen LogP contribution in [0.1, 0.15) is 18.1 Å². The molecule has 0 heterocycles. The van der Waals surface area contributed by atoms with Gasteiger partial charge in [0.15, 0.2) is 0 Å². The second kappa shape index (κ2) is 7.57. The van der Waals surface area contributed by atoms with Crippen LogP contribution in [-0.4, -0.2) is 35.2 Å². The van der Waals surface area contributed by atoms with E-state index >= 15 is 0 Å². The van der Waals surface area contributed by atoms with Gasteiger partial charge in [-0.3, -0.25) is 4.99 Å². The van der Waals surface area contributed by atoms with Gasteiger partial charge in [0.25, 0.3) is 5.60 Å². The lowest BCUT2D eigenvalue weighted by Gasteiger charge is -2.28. The number of hydrogen-bond donors (Lipinski definition) is 2. The van der Waals surface area contributed by atoms with Crippen LogP contribution in [-0.2, 0) is 15.1 Å². The summed E-state index contributed by atoms with van der Waals surface area (Å²) >= 11 is 0. The standard InChI is InChI=1S/C18H16F3NO4/c1-2-26-16(24)17(25,18(19,20)21)13-7-9-14(10-8-13)22-11-12-5-3-4-6-15(12)23/h3-11,23,25H,2H2,1H3. The Morgan fingerprint density at radius 1 is 1.15 bits per heavy atom. The van der Waals surface area contributed by atoms with Crippen LogP contribution in [0.2, 0.25) is 0 Å². The summed E-state index contributed by atoms with van der Waals surface area (Å²) in [4.78, 5) is 15.7. The molecular formula is C18H16F3NO4. The van der Waals surface area contributed by atoms with Crippen LogP contribution in [0.25, 0.3) is 0 Å². The highest BCUT2D eigenvalue weighted by Crippen LogP contribution is 2.40. The van der Waals surface area contributed by atoms with Gasteiger partial charge >= 0.3 is 12.1 Å². The van der Waals surface area contributed by atoms with Crippen molar-refractivity contribution in [3.8, 4) is 5.75 Å². The Morgan fingerprint density at radius 2 is 1.77 bits per heavy atom. The van der Waals surface area contributed by atoms with E-state index in [9.17, 15) is 28.2 Å². The first-order chi connectivity index (χ1) is 12.2. The summed E-state index contributed by atoms with van der Waals surface area (Å²) in [7, 11) is 0. The smallest absolute Gasteiger partial charge is 0.432 e. The van der Waals surface area contributed by atoms with Crippen LogP contribution >= 0.6 is 0 Å². The highest BCUT2D eigenvalue weighted by molar-refractivity contribution is 5.85. The monoisotopic (exact) mass is 367 g/mol. The third-order valence-corrected chi connectivity index (χ3v) is 3.56. The van der Waals surface area contributed by atoms with Gasteiger partial charge in [-0.05, 0) is 31.2 Å². The summed E-state index contributed by atoms with van der Waals surface area (Å²) in [6.07, 6.45) is -3.91. The highest BCUT2D eigenvalue weighted by atomic mass is 19.4. The minimum Gasteiger partial charge on any atom is -0.507 e. The van der Waals surface area contributed by atoms with Gasteiger partial charge in [-0.25, -0.2) is 4.79 Å². The van der Waals surface area contributed by atoms with Gasteiger partial charge in [0, 0.05) is 17.3 Å². The average Bonchev–Trinajstić information content (AvgIpc) is 2.60. The maximum absolute atomic E-state index is 13.3. The number of halogens is 3. The number of phenolic OH excluding ortho intramolecular Hbond substituents is 1. The molecule has 2 N–H and O–H groups in total. The summed E-state index contributed by atoms with van der Waals surface area (Å²) in [6, 6.07) is 10.7. The first-order valence-corrected chi connectivity index (χ1v) is 7.59. The molecule has 1 atom stereocenters. The Morgan fingerprint density at radius 3 is 2.31 bits per heavy atom. The van der Waals surface area contributed by atoms with E-state index in [1.165, 1.54) is 31.3 Å². The number of hydrogen-bond acceptors (Lipinski definition) is 5. The Kier molecular flexibility index (Phi) is 5.66. The van der Waals surface area contributed by atoms with Crippen LogP contribution in [0.3, 0.4) is 0 Å². The van der Waals surface area contributed by atoms with Crippen molar-refractivity contribution in [3.63, 3.8) is 0 Å². The number of benzene rings is 2. The van der Waals surface area contributed by atoms with Crippen molar-refractivity contribution in [3.05, 3.63) is 59.7 Å². The Bertz CT molecular complexity index is 803. The van der Waals surface area contributed by atoms with Crippen molar-refractivity contribution in [2.75, 3.05) is 6.61 Å². The first kappa shape index (κ1) is 19.5. The van der Waals surface area contributed by atoms with Crippen molar-refractivity contribution >= 4 is 17.9 Å². The summed E-state index contributed by atoms with van der Waals surface area (Å²) in [6.45, 7) is 1.03. The number of carbonyl (C=O) groups excluding carboxylic acids is 1. The molecule has 0 amide bonds. The molecule has 1 unspecified atom stereocenters. The summed E-state index contributed by atoms with van der Waals surface area (Å²) in [5, 5.41) is 19.6. The van der Waals surface area contributed by atoms with Crippen molar-refractivity contribution in [2.24, 2.45) is 4.99 Å². The molecule has 0 saturated heterocycles. The van der Waals surface area contributed by atoms with E-state index in [0.29, 0.717) is 5.56 Å². The molecule has 0 spiro atoms. The van der Waals surface area contributed by atoms with Gasteiger partial charge in [0.1, 0.15) is 5.75 Å². The predicted molar refractivity (Wildman–Crippen MR) is 88.4 cm³/mol. The first-order valence-electron chi connectivity index (χ1n) is 7.59. The van der Waals surface area contributed by atoms with Gasteiger partial charge in [0.2, 0.25) is 0 Å². The van der Waals surface area contributed by atoms with Gasteiger partial charge in [-0.1, -0.05) is 24.3 Å². The lowest BCUT2D eigenvalue weighted by Crippen LogP contribution is -2.50. The van der Waals surface area contributed by atoms with Crippen LogP contribution in [0, 0.1) is 0 Å². The molecule has 0 aromatic heterocycles. The zero-order valence-electron chi connectivity index (χ0n) is 13.7. The number of rotatable bonds is 5. The number of carbonyl (C=O) groups is 1. The molecule has 0 saturated carbocycles. The van der Waals surface area contributed by atoms with Crippen LogP contribution in [0.4, 0.5) is 18.9 Å². The molecule has 5 nitrogen and oxygen atoms in total. The molecule has 8 heteroatoms. The third-order valence-electron chi connectivity index (χ3n) is 3.56. The molecular weight excluding hydrogens is 351 g/mol. The van der Waals surface area contributed by atoms with Gasteiger partial charge < -0.3 is 14.9 Å². The number of para-hydroxylation sites is 1. The second-order valence-corrected chi connectivity index (χ2v) is 5.29.